The quantitative estimate of drug-likeness (QED) is 0.105. The number of halogens is 5. The molecule has 0 saturated heterocycles. The van der Waals surface area contributed by atoms with Crippen LogP contribution in [0.5, 0.6) is 0 Å². The first kappa shape index (κ1) is 32.3. The van der Waals surface area contributed by atoms with E-state index in [1.807, 2.05) is 0 Å². The fourth-order valence-electron chi connectivity index (χ4n) is 4.75. The molecule has 0 bridgehead atoms. The highest BCUT2D eigenvalue weighted by molar-refractivity contribution is 5.92. The largest absolute Gasteiger partial charge is 0.457 e. The molecule has 240 valence electrons. The maximum atomic E-state index is 16.0. The summed E-state index contributed by atoms with van der Waals surface area (Å²) in [5.41, 5.74) is -2.05. The normalized spacial score (nSPS) is 12.5. The second-order valence-electron chi connectivity index (χ2n) is 11.7. The summed E-state index contributed by atoms with van der Waals surface area (Å²) in [6, 6.07) is 6.76. The lowest BCUT2D eigenvalue weighted by Crippen LogP contribution is -2.22. The fourth-order valence-corrected chi connectivity index (χ4v) is 4.75. The number of aromatic nitrogens is 5. The summed E-state index contributed by atoms with van der Waals surface area (Å²) in [4.78, 5) is 31.8. The number of esters is 2. The van der Waals surface area contributed by atoms with Crippen LogP contribution in [0.15, 0.2) is 61.1 Å². The SMILES string of the molecule is CC(C)c1cc(-c2cn3c(-c4ccc5c(cnn5COC(=O)/C=C/C(=O)OC(C)(C)C)c4F)c(C(F)(F)F)nc3cn2)ccc1F. The summed E-state index contributed by atoms with van der Waals surface area (Å²) in [6.45, 7) is 8.11. The summed E-state index contributed by atoms with van der Waals surface area (Å²) < 4.78 is 85.4. The van der Waals surface area contributed by atoms with Gasteiger partial charge in [0.1, 0.15) is 17.2 Å². The van der Waals surface area contributed by atoms with E-state index >= 15 is 4.39 Å². The van der Waals surface area contributed by atoms with E-state index in [2.05, 4.69) is 15.1 Å². The number of hydrogen-bond donors (Lipinski definition) is 0. The van der Waals surface area contributed by atoms with Crippen molar-refractivity contribution in [1.29, 1.82) is 0 Å². The molecule has 0 fully saturated rings. The van der Waals surface area contributed by atoms with Crippen LogP contribution in [-0.4, -0.2) is 41.7 Å². The number of hydrogen-bond acceptors (Lipinski definition) is 7. The summed E-state index contributed by atoms with van der Waals surface area (Å²) in [5.74, 6) is -3.27. The van der Waals surface area contributed by atoms with Crippen LogP contribution < -0.4 is 0 Å². The topological polar surface area (TPSA) is 101 Å². The zero-order valence-electron chi connectivity index (χ0n) is 25.3. The standard InChI is InChI=1S/C32H28F5N5O4/c1-17(2)20-12-18(6-8-22(20)33)23-15-41-25(14-38-23)40-30(32(35,36)37)29(41)19-7-9-24-21(28(19)34)13-39-42(24)16-45-26(43)10-11-27(44)46-31(3,4)5/h6-15,17H,16H2,1-5H3/b11-10+. The average Bonchev–Trinajstić information content (AvgIpc) is 3.56. The molecule has 0 radical (unpaired) electrons. The van der Waals surface area contributed by atoms with Crippen LogP contribution in [0, 0.1) is 11.6 Å². The van der Waals surface area contributed by atoms with E-state index < -0.39 is 59.0 Å². The third-order valence-electron chi connectivity index (χ3n) is 6.80. The van der Waals surface area contributed by atoms with Crippen molar-refractivity contribution in [2.24, 2.45) is 0 Å². The van der Waals surface area contributed by atoms with Crippen molar-refractivity contribution in [2.45, 2.75) is 59.0 Å². The first-order chi connectivity index (χ1) is 21.5. The summed E-state index contributed by atoms with van der Waals surface area (Å²) >= 11 is 0. The Kier molecular flexibility index (Phi) is 8.41. The molecule has 0 saturated carbocycles. The van der Waals surface area contributed by atoms with E-state index in [0.717, 1.165) is 39.7 Å². The van der Waals surface area contributed by atoms with Crippen molar-refractivity contribution in [3.8, 4) is 22.5 Å². The van der Waals surface area contributed by atoms with Gasteiger partial charge in [0.2, 0.25) is 0 Å². The molecule has 2 aromatic carbocycles. The van der Waals surface area contributed by atoms with Gasteiger partial charge in [0, 0.05) is 29.5 Å². The second kappa shape index (κ2) is 12.0. The Morgan fingerprint density at radius 3 is 2.39 bits per heavy atom. The highest BCUT2D eigenvalue weighted by Gasteiger charge is 2.39. The number of benzene rings is 2. The number of alkyl halides is 3. The lowest BCUT2D eigenvalue weighted by atomic mass is 9.99. The van der Waals surface area contributed by atoms with Gasteiger partial charge >= 0.3 is 18.1 Å². The number of carbonyl (C=O) groups excluding carboxylic acids is 2. The molecule has 0 amide bonds. The van der Waals surface area contributed by atoms with Crippen LogP contribution in [0.3, 0.4) is 0 Å². The van der Waals surface area contributed by atoms with Gasteiger partial charge in [0.05, 0.1) is 34.7 Å². The molecule has 0 spiro atoms. The van der Waals surface area contributed by atoms with Gasteiger partial charge in [-0.1, -0.05) is 13.8 Å². The molecule has 3 aromatic heterocycles. The van der Waals surface area contributed by atoms with E-state index in [0.29, 0.717) is 11.1 Å². The highest BCUT2D eigenvalue weighted by atomic mass is 19.4. The minimum absolute atomic E-state index is 0.127. The Bertz CT molecular complexity index is 2000. The Morgan fingerprint density at radius 1 is 1.00 bits per heavy atom. The number of carbonyl (C=O) groups is 2. The van der Waals surface area contributed by atoms with Gasteiger partial charge in [-0.15, -0.1) is 0 Å². The fraction of sp³-hybridized carbons (Fsp3) is 0.281. The van der Waals surface area contributed by atoms with E-state index in [-0.39, 0.29) is 28.2 Å². The van der Waals surface area contributed by atoms with E-state index in [1.54, 1.807) is 40.7 Å². The molecule has 14 heteroatoms. The lowest BCUT2D eigenvalue weighted by molar-refractivity contribution is -0.149. The Balaban J connectivity index is 1.51. The van der Waals surface area contributed by atoms with Gasteiger partial charge in [0.15, 0.2) is 18.1 Å². The molecule has 0 atom stereocenters. The molecule has 5 aromatic rings. The maximum absolute atomic E-state index is 16.0. The van der Waals surface area contributed by atoms with Gasteiger partial charge in [-0.2, -0.15) is 18.3 Å². The monoisotopic (exact) mass is 641 g/mol. The minimum Gasteiger partial charge on any atom is -0.457 e. The lowest BCUT2D eigenvalue weighted by Gasteiger charge is -2.17. The molecule has 0 aliphatic rings. The molecule has 46 heavy (non-hydrogen) atoms. The molecule has 5 rings (SSSR count). The minimum atomic E-state index is -4.95. The van der Waals surface area contributed by atoms with E-state index in [9.17, 15) is 27.2 Å². The smallest absolute Gasteiger partial charge is 0.435 e. The average molecular weight is 642 g/mol. The number of fused-ring (bicyclic) bond motifs is 2. The molecule has 0 aliphatic carbocycles. The van der Waals surface area contributed by atoms with Gasteiger partial charge < -0.3 is 9.47 Å². The number of ether oxygens (including phenoxy) is 2. The van der Waals surface area contributed by atoms with Crippen LogP contribution in [0.2, 0.25) is 0 Å². The predicted octanol–water partition coefficient (Wildman–Crippen LogP) is 7.23. The summed E-state index contributed by atoms with van der Waals surface area (Å²) in [5, 5.41) is 3.87. The summed E-state index contributed by atoms with van der Waals surface area (Å²) in [7, 11) is 0. The molecule has 9 nitrogen and oxygen atoms in total. The number of rotatable bonds is 7. The zero-order valence-corrected chi connectivity index (χ0v) is 25.3. The van der Waals surface area contributed by atoms with Crippen molar-refractivity contribution < 1.29 is 41.0 Å². The van der Waals surface area contributed by atoms with Crippen LogP contribution in [0.4, 0.5) is 22.0 Å². The number of imidazole rings is 1. The zero-order chi connectivity index (χ0) is 33.6. The van der Waals surface area contributed by atoms with Crippen molar-refractivity contribution in [3.63, 3.8) is 0 Å². The van der Waals surface area contributed by atoms with Crippen molar-refractivity contribution in [2.75, 3.05) is 0 Å². The van der Waals surface area contributed by atoms with Crippen LogP contribution in [0.1, 0.15) is 51.8 Å². The van der Waals surface area contributed by atoms with Crippen molar-refractivity contribution in [1.82, 2.24) is 24.1 Å². The van der Waals surface area contributed by atoms with Crippen LogP contribution >= 0.6 is 0 Å². The number of nitrogens with zero attached hydrogens (tertiary/aromatic N) is 5. The molecule has 0 unspecified atom stereocenters. The van der Waals surface area contributed by atoms with Gasteiger partial charge in [-0.05, 0) is 62.6 Å². The Morgan fingerprint density at radius 2 is 1.72 bits per heavy atom. The van der Waals surface area contributed by atoms with E-state index in [4.69, 9.17) is 9.47 Å². The maximum Gasteiger partial charge on any atom is 0.435 e. The Hall–Kier alpha value is -5.14. The predicted molar refractivity (Wildman–Crippen MR) is 157 cm³/mol. The third-order valence-corrected chi connectivity index (χ3v) is 6.80. The third kappa shape index (κ3) is 6.60. The Labute approximate surface area is 259 Å². The van der Waals surface area contributed by atoms with Gasteiger partial charge in [-0.25, -0.2) is 28.0 Å². The first-order valence-electron chi connectivity index (χ1n) is 14.0. The molecule has 0 N–H and O–H groups in total. The molecular weight excluding hydrogens is 613 g/mol. The van der Waals surface area contributed by atoms with E-state index in [1.165, 1.54) is 24.4 Å². The molecular formula is C32H28F5N5O4. The van der Waals surface area contributed by atoms with Crippen LogP contribution in [0.25, 0.3) is 39.1 Å². The van der Waals surface area contributed by atoms with Gasteiger partial charge in [0.25, 0.3) is 0 Å². The second-order valence-corrected chi connectivity index (χ2v) is 11.7. The first-order valence-corrected chi connectivity index (χ1v) is 14.0. The molecule has 0 aliphatic heterocycles. The van der Waals surface area contributed by atoms with Crippen molar-refractivity contribution in [3.05, 3.63) is 84.0 Å². The van der Waals surface area contributed by atoms with Gasteiger partial charge in [-0.3, -0.25) is 9.38 Å². The van der Waals surface area contributed by atoms with Crippen molar-refractivity contribution >= 4 is 28.5 Å². The summed E-state index contributed by atoms with van der Waals surface area (Å²) in [6.07, 6.45) is 0.326. The highest BCUT2D eigenvalue weighted by Crippen LogP contribution is 2.40. The molecule has 3 heterocycles. The van der Waals surface area contributed by atoms with Crippen LogP contribution in [-0.2, 0) is 32.0 Å².